The maximum Gasteiger partial charge on any atom is 0.261 e. The van der Waals surface area contributed by atoms with Crippen molar-refractivity contribution in [1.29, 1.82) is 0 Å². The van der Waals surface area contributed by atoms with Gasteiger partial charge in [0.2, 0.25) is 0 Å². The predicted octanol–water partition coefficient (Wildman–Crippen LogP) is -0.103. The first-order valence-corrected chi connectivity index (χ1v) is 5.75. The Kier molecular flexibility index (Phi) is 3.69. The maximum absolute atomic E-state index is 12.3. The Labute approximate surface area is 105 Å². The third kappa shape index (κ3) is 2.25. The van der Waals surface area contributed by atoms with Gasteiger partial charge >= 0.3 is 0 Å². The van der Waals surface area contributed by atoms with E-state index in [1.54, 1.807) is 0 Å². The number of nitrogens with zero attached hydrogens (tertiary/aromatic N) is 1. The quantitative estimate of drug-likeness (QED) is 0.683. The highest BCUT2D eigenvalue weighted by atomic mass is 16.5. The first-order valence-electron chi connectivity index (χ1n) is 5.75. The molecule has 0 aliphatic carbocycles. The topological polar surface area (TPSA) is 96.0 Å². The van der Waals surface area contributed by atoms with Gasteiger partial charge in [0.15, 0.2) is 0 Å². The summed E-state index contributed by atoms with van der Waals surface area (Å²) in [5.74, 6) is -0.895. The van der Waals surface area contributed by atoms with Crippen LogP contribution in [-0.2, 0) is 4.74 Å². The zero-order chi connectivity index (χ0) is 13.1. The van der Waals surface area contributed by atoms with Crippen molar-refractivity contribution in [3.63, 3.8) is 0 Å². The summed E-state index contributed by atoms with van der Waals surface area (Å²) in [4.78, 5) is 13.8. The predicted molar refractivity (Wildman–Crippen MR) is 64.5 cm³/mol. The second kappa shape index (κ2) is 5.24. The van der Waals surface area contributed by atoms with E-state index >= 15 is 0 Å². The fourth-order valence-electron chi connectivity index (χ4n) is 2.01. The average molecular weight is 252 g/mol. The number of hydrogen-bond donors (Lipinski definition) is 3. The molecular formula is C12H16N2O4. The molecule has 1 aliphatic rings. The minimum Gasteiger partial charge on any atom is -0.507 e. The van der Waals surface area contributed by atoms with Gasteiger partial charge in [0, 0.05) is 13.1 Å². The highest BCUT2D eigenvalue weighted by Crippen LogP contribution is 2.28. The zero-order valence-corrected chi connectivity index (χ0v) is 9.87. The third-order valence-corrected chi connectivity index (χ3v) is 2.99. The monoisotopic (exact) mass is 252 g/mol. The van der Waals surface area contributed by atoms with Gasteiger partial charge in [0.1, 0.15) is 17.1 Å². The molecular weight excluding hydrogens is 236 g/mol. The van der Waals surface area contributed by atoms with E-state index in [2.05, 4.69) is 0 Å². The van der Waals surface area contributed by atoms with Crippen LogP contribution in [0.1, 0.15) is 10.4 Å². The van der Waals surface area contributed by atoms with Crippen molar-refractivity contribution in [3.05, 3.63) is 23.8 Å². The Bertz CT molecular complexity index is 429. The molecule has 0 bridgehead atoms. The van der Waals surface area contributed by atoms with E-state index in [0.29, 0.717) is 19.8 Å². The van der Waals surface area contributed by atoms with Gasteiger partial charge in [0.05, 0.1) is 19.3 Å². The molecule has 0 radical (unpaired) electrons. The van der Waals surface area contributed by atoms with Crippen LogP contribution < -0.4 is 5.73 Å². The number of carbonyl (C=O) groups excluding carboxylic acids is 1. The molecule has 4 N–H and O–H groups in total. The van der Waals surface area contributed by atoms with E-state index in [1.807, 2.05) is 0 Å². The summed E-state index contributed by atoms with van der Waals surface area (Å²) < 4.78 is 5.25. The van der Waals surface area contributed by atoms with Gasteiger partial charge < -0.3 is 25.6 Å². The van der Waals surface area contributed by atoms with Gasteiger partial charge in [-0.15, -0.1) is 0 Å². The molecule has 1 aliphatic heterocycles. The zero-order valence-electron chi connectivity index (χ0n) is 9.87. The van der Waals surface area contributed by atoms with Crippen molar-refractivity contribution < 1.29 is 19.7 Å². The molecule has 6 nitrogen and oxygen atoms in total. The number of carbonyl (C=O) groups is 1. The lowest BCUT2D eigenvalue weighted by Crippen LogP contribution is -2.52. The largest absolute Gasteiger partial charge is 0.507 e. The van der Waals surface area contributed by atoms with Crippen LogP contribution in [0.15, 0.2) is 18.2 Å². The van der Waals surface area contributed by atoms with Crippen LogP contribution in [0.3, 0.4) is 0 Å². The first kappa shape index (κ1) is 12.7. The number of hydrogen-bond acceptors (Lipinski definition) is 5. The van der Waals surface area contributed by atoms with Gasteiger partial charge in [-0.25, -0.2) is 0 Å². The summed E-state index contributed by atoms with van der Waals surface area (Å²) in [6, 6.07) is 3.97. The molecule has 1 aromatic carbocycles. The van der Waals surface area contributed by atoms with Gasteiger partial charge in [-0.2, -0.15) is 0 Å². The van der Waals surface area contributed by atoms with Crippen LogP contribution in [0, 0.1) is 0 Å². The second-order valence-electron chi connectivity index (χ2n) is 4.13. The average Bonchev–Trinajstić information content (AvgIpc) is 2.38. The van der Waals surface area contributed by atoms with Crippen molar-refractivity contribution >= 4 is 5.91 Å². The molecule has 1 saturated heterocycles. The summed E-state index contributed by atoms with van der Waals surface area (Å²) in [7, 11) is 0. The summed E-state index contributed by atoms with van der Waals surface area (Å²) >= 11 is 0. The van der Waals surface area contributed by atoms with E-state index in [0.717, 1.165) is 0 Å². The van der Waals surface area contributed by atoms with Gasteiger partial charge in [-0.1, -0.05) is 6.07 Å². The highest BCUT2D eigenvalue weighted by molar-refractivity contribution is 5.99. The Morgan fingerprint density at radius 2 is 2.11 bits per heavy atom. The van der Waals surface area contributed by atoms with Crippen LogP contribution >= 0.6 is 0 Å². The molecule has 1 unspecified atom stereocenters. The smallest absolute Gasteiger partial charge is 0.261 e. The van der Waals surface area contributed by atoms with E-state index in [9.17, 15) is 15.0 Å². The molecule has 18 heavy (non-hydrogen) atoms. The van der Waals surface area contributed by atoms with E-state index in [-0.39, 0.29) is 29.6 Å². The van der Waals surface area contributed by atoms with Crippen molar-refractivity contribution in [2.75, 3.05) is 26.3 Å². The minimum absolute atomic E-state index is 0.0853. The fraction of sp³-hybridized carbons (Fsp3) is 0.417. The summed E-state index contributed by atoms with van der Waals surface area (Å²) in [6.07, 6.45) is 0. The Morgan fingerprint density at radius 1 is 1.44 bits per heavy atom. The number of benzene rings is 1. The standard InChI is InChI=1S/C12H16N2O4/c13-6-8-7-18-5-4-14(8)12(17)11-9(15)2-1-3-10(11)16/h1-3,8,15-16H,4-7,13H2. The number of phenolic OH excluding ortho intramolecular Hbond substituents is 2. The number of morpholine rings is 1. The molecule has 0 saturated carbocycles. The van der Waals surface area contributed by atoms with Crippen molar-refractivity contribution in [3.8, 4) is 11.5 Å². The lowest BCUT2D eigenvalue weighted by atomic mass is 10.1. The number of aromatic hydroxyl groups is 2. The normalized spacial score (nSPS) is 19.8. The van der Waals surface area contributed by atoms with Crippen LogP contribution in [0.2, 0.25) is 0 Å². The molecule has 98 valence electrons. The van der Waals surface area contributed by atoms with Crippen LogP contribution in [0.25, 0.3) is 0 Å². The lowest BCUT2D eigenvalue weighted by molar-refractivity contribution is 0.000548. The number of amides is 1. The van der Waals surface area contributed by atoms with Gasteiger partial charge in [-0.3, -0.25) is 4.79 Å². The SMILES string of the molecule is NCC1COCCN1C(=O)c1c(O)cccc1O. The van der Waals surface area contributed by atoms with E-state index in [4.69, 9.17) is 10.5 Å². The molecule has 1 aromatic rings. The molecule has 1 fully saturated rings. The Hall–Kier alpha value is -1.79. The molecule has 0 aromatic heterocycles. The highest BCUT2D eigenvalue weighted by Gasteiger charge is 2.30. The van der Waals surface area contributed by atoms with Crippen molar-refractivity contribution in [2.24, 2.45) is 5.73 Å². The summed E-state index contributed by atoms with van der Waals surface area (Å²) in [5, 5.41) is 19.4. The van der Waals surface area contributed by atoms with Crippen LogP contribution in [0.4, 0.5) is 0 Å². The summed E-state index contributed by atoms with van der Waals surface area (Å²) in [6.45, 7) is 1.47. The Morgan fingerprint density at radius 3 is 2.72 bits per heavy atom. The number of phenols is 2. The number of nitrogens with two attached hydrogens (primary N) is 1. The van der Waals surface area contributed by atoms with E-state index in [1.165, 1.54) is 23.1 Å². The molecule has 6 heteroatoms. The van der Waals surface area contributed by atoms with Crippen LogP contribution in [-0.4, -0.2) is 53.4 Å². The fourth-order valence-corrected chi connectivity index (χ4v) is 2.01. The second-order valence-corrected chi connectivity index (χ2v) is 4.13. The Balaban J connectivity index is 2.30. The molecule has 1 atom stereocenters. The minimum atomic E-state index is -0.427. The first-order chi connectivity index (χ1) is 8.65. The number of ether oxygens (including phenoxy) is 1. The summed E-state index contributed by atoms with van der Waals surface area (Å²) in [5.41, 5.74) is 5.50. The van der Waals surface area contributed by atoms with Gasteiger partial charge in [0.25, 0.3) is 5.91 Å². The number of rotatable bonds is 2. The van der Waals surface area contributed by atoms with Crippen molar-refractivity contribution in [1.82, 2.24) is 4.90 Å². The maximum atomic E-state index is 12.3. The molecule has 2 rings (SSSR count). The molecule has 0 spiro atoms. The van der Waals surface area contributed by atoms with Gasteiger partial charge in [-0.05, 0) is 12.1 Å². The lowest BCUT2D eigenvalue weighted by Gasteiger charge is -2.35. The molecule has 1 heterocycles. The van der Waals surface area contributed by atoms with E-state index < -0.39 is 5.91 Å². The van der Waals surface area contributed by atoms with Crippen LogP contribution in [0.5, 0.6) is 11.5 Å². The third-order valence-electron chi connectivity index (χ3n) is 2.99. The van der Waals surface area contributed by atoms with Crippen molar-refractivity contribution in [2.45, 2.75) is 6.04 Å². The molecule has 1 amide bonds.